The van der Waals surface area contributed by atoms with Gasteiger partial charge < -0.3 is 10.5 Å². The van der Waals surface area contributed by atoms with Crippen molar-refractivity contribution in [2.45, 2.75) is 13.3 Å². The fourth-order valence-corrected chi connectivity index (χ4v) is 1.15. The van der Waals surface area contributed by atoms with Gasteiger partial charge in [0.2, 0.25) is 0 Å². The van der Waals surface area contributed by atoms with E-state index in [0.717, 1.165) is 0 Å². The molecule has 1 rings (SSSR count). The minimum atomic E-state index is -0.341. The zero-order valence-electron chi connectivity index (χ0n) is 8.36. The van der Waals surface area contributed by atoms with Gasteiger partial charge in [-0.05, 0) is 24.6 Å². The Hall–Kier alpha value is -2.09. The SMILES string of the molecule is CCOC(=O)Cc1cc(N)nc(C#N)c1. The maximum atomic E-state index is 11.2. The summed E-state index contributed by atoms with van der Waals surface area (Å²) in [6, 6.07) is 4.94. The molecule has 5 heteroatoms. The number of carbonyl (C=O) groups excluding carboxylic acids is 1. The molecular formula is C10H11N3O2. The highest BCUT2D eigenvalue weighted by molar-refractivity contribution is 5.73. The molecule has 0 aromatic carbocycles. The zero-order valence-corrected chi connectivity index (χ0v) is 8.36. The molecule has 1 heterocycles. The van der Waals surface area contributed by atoms with Crippen molar-refractivity contribution in [1.82, 2.24) is 4.98 Å². The third kappa shape index (κ3) is 3.27. The number of nitriles is 1. The van der Waals surface area contributed by atoms with Gasteiger partial charge >= 0.3 is 5.97 Å². The lowest BCUT2D eigenvalue weighted by Crippen LogP contribution is -2.08. The summed E-state index contributed by atoms with van der Waals surface area (Å²) in [6.07, 6.45) is 0.106. The molecule has 0 fully saturated rings. The molecule has 0 bridgehead atoms. The van der Waals surface area contributed by atoms with Crippen LogP contribution >= 0.6 is 0 Å². The molecular weight excluding hydrogens is 194 g/mol. The summed E-state index contributed by atoms with van der Waals surface area (Å²) in [7, 11) is 0. The van der Waals surface area contributed by atoms with E-state index in [2.05, 4.69) is 4.98 Å². The third-order valence-corrected chi connectivity index (χ3v) is 1.67. The van der Waals surface area contributed by atoms with Crippen LogP contribution in [0, 0.1) is 11.3 Å². The maximum Gasteiger partial charge on any atom is 0.310 e. The van der Waals surface area contributed by atoms with E-state index < -0.39 is 0 Å². The first-order chi connectivity index (χ1) is 7.15. The molecule has 0 aliphatic heterocycles. The molecule has 5 nitrogen and oxygen atoms in total. The average Bonchev–Trinajstić information content (AvgIpc) is 2.17. The first-order valence-electron chi connectivity index (χ1n) is 4.48. The molecule has 0 aliphatic rings. The van der Waals surface area contributed by atoms with Crippen molar-refractivity contribution < 1.29 is 9.53 Å². The van der Waals surface area contributed by atoms with Crippen LogP contribution in [0.25, 0.3) is 0 Å². The number of nitrogens with zero attached hydrogens (tertiary/aromatic N) is 2. The van der Waals surface area contributed by atoms with E-state index in [4.69, 9.17) is 15.7 Å². The molecule has 0 saturated heterocycles. The molecule has 1 aromatic rings. The van der Waals surface area contributed by atoms with E-state index in [-0.39, 0.29) is 23.9 Å². The molecule has 0 atom stereocenters. The second-order valence-electron chi connectivity index (χ2n) is 2.88. The Kier molecular flexibility index (Phi) is 3.63. The van der Waals surface area contributed by atoms with Gasteiger partial charge in [-0.15, -0.1) is 0 Å². The molecule has 0 unspecified atom stereocenters. The highest BCUT2D eigenvalue weighted by atomic mass is 16.5. The second-order valence-corrected chi connectivity index (χ2v) is 2.88. The number of aromatic nitrogens is 1. The Labute approximate surface area is 87.5 Å². The van der Waals surface area contributed by atoms with Crippen LogP contribution in [0.5, 0.6) is 0 Å². The first-order valence-corrected chi connectivity index (χ1v) is 4.48. The number of nitrogen functional groups attached to an aromatic ring is 1. The largest absolute Gasteiger partial charge is 0.466 e. The smallest absolute Gasteiger partial charge is 0.310 e. The third-order valence-electron chi connectivity index (χ3n) is 1.67. The fraction of sp³-hybridized carbons (Fsp3) is 0.300. The van der Waals surface area contributed by atoms with Gasteiger partial charge in [-0.2, -0.15) is 5.26 Å². The molecule has 0 radical (unpaired) electrons. The van der Waals surface area contributed by atoms with Crippen LogP contribution < -0.4 is 5.73 Å². The number of anilines is 1. The Bertz CT molecular complexity index is 410. The number of esters is 1. The molecule has 78 valence electrons. The minimum Gasteiger partial charge on any atom is -0.466 e. The van der Waals surface area contributed by atoms with Crippen LogP contribution in [0.2, 0.25) is 0 Å². The molecule has 0 amide bonds. The van der Waals surface area contributed by atoms with Gasteiger partial charge in [-0.1, -0.05) is 0 Å². The maximum absolute atomic E-state index is 11.2. The molecule has 0 saturated carbocycles. The first kappa shape index (κ1) is 11.0. The number of carbonyl (C=O) groups is 1. The molecule has 2 N–H and O–H groups in total. The monoisotopic (exact) mass is 205 g/mol. The minimum absolute atomic E-state index is 0.106. The summed E-state index contributed by atoms with van der Waals surface area (Å²) >= 11 is 0. The highest BCUT2D eigenvalue weighted by Gasteiger charge is 2.06. The van der Waals surface area contributed by atoms with Gasteiger partial charge in [0, 0.05) is 0 Å². The number of ether oxygens (including phenoxy) is 1. The number of nitrogens with two attached hydrogens (primary N) is 1. The molecule has 15 heavy (non-hydrogen) atoms. The average molecular weight is 205 g/mol. The number of hydrogen-bond acceptors (Lipinski definition) is 5. The van der Waals surface area contributed by atoms with Crippen LogP contribution in [0.1, 0.15) is 18.2 Å². The summed E-state index contributed by atoms with van der Waals surface area (Å²) in [5, 5.41) is 8.64. The van der Waals surface area contributed by atoms with Crippen molar-refractivity contribution in [3.63, 3.8) is 0 Å². The Balaban J connectivity index is 2.82. The van der Waals surface area contributed by atoms with Crippen molar-refractivity contribution >= 4 is 11.8 Å². The number of rotatable bonds is 3. The van der Waals surface area contributed by atoms with Gasteiger partial charge in [-0.3, -0.25) is 4.79 Å². The van der Waals surface area contributed by atoms with Crippen molar-refractivity contribution in [3.8, 4) is 6.07 Å². The predicted octanol–water partition coefficient (Wildman–Crippen LogP) is 0.641. The van der Waals surface area contributed by atoms with E-state index in [1.54, 1.807) is 13.0 Å². The predicted molar refractivity (Wildman–Crippen MR) is 53.7 cm³/mol. The summed E-state index contributed by atoms with van der Waals surface area (Å²) in [5.74, 6) is -0.111. The van der Waals surface area contributed by atoms with Crippen LogP contribution in [-0.4, -0.2) is 17.6 Å². The molecule has 0 aliphatic carbocycles. The van der Waals surface area contributed by atoms with Gasteiger partial charge in [0.1, 0.15) is 17.6 Å². The van der Waals surface area contributed by atoms with Crippen molar-refractivity contribution in [2.24, 2.45) is 0 Å². The lowest BCUT2D eigenvalue weighted by Gasteiger charge is -2.03. The highest BCUT2D eigenvalue weighted by Crippen LogP contribution is 2.08. The van der Waals surface area contributed by atoms with Crippen molar-refractivity contribution in [3.05, 3.63) is 23.4 Å². The lowest BCUT2D eigenvalue weighted by atomic mass is 10.1. The summed E-state index contributed by atoms with van der Waals surface area (Å²) in [5.41, 5.74) is 6.31. The zero-order chi connectivity index (χ0) is 11.3. The summed E-state index contributed by atoms with van der Waals surface area (Å²) in [4.78, 5) is 14.9. The van der Waals surface area contributed by atoms with E-state index >= 15 is 0 Å². The number of hydrogen-bond donors (Lipinski definition) is 1. The normalized spacial score (nSPS) is 9.33. The van der Waals surface area contributed by atoms with Gasteiger partial charge in [-0.25, -0.2) is 4.98 Å². The standard InChI is InChI=1S/C10H11N3O2/c1-2-15-10(14)5-7-3-8(6-11)13-9(12)4-7/h3-4H,2,5H2,1H3,(H2,12,13). The number of pyridine rings is 1. The topological polar surface area (TPSA) is 89.0 Å². The van der Waals surface area contributed by atoms with Crippen LogP contribution in [0.15, 0.2) is 12.1 Å². The van der Waals surface area contributed by atoms with Gasteiger partial charge in [0.25, 0.3) is 0 Å². The van der Waals surface area contributed by atoms with Crippen LogP contribution in [0.3, 0.4) is 0 Å². The summed E-state index contributed by atoms with van der Waals surface area (Å²) < 4.78 is 4.78. The van der Waals surface area contributed by atoms with E-state index in [1.807, 2.05) is 6.07 Å². The quantitative estimate of drug-likeness (QED) is 0.731. The molecule has 1 aromatic heterocycles. The van der Waals surface area contributed by atoms with Gasteiger partial charge in [0.15, 0.2) is 0 Å². The Morgan fingerprint density at radius 1 is 1.67 bits per heavy atom. The van der Waals surface area contributed by atoms with Gasteiger partial charge in [0.05, 0.1) is 13.0 Å². The van der Waals surface area contributed by atoms with E-state index in [1.165, 1.54) is 6.07 Å². The second kappa shape index (κ2) is 4.96. The van der Waals surface area contributed by atoms with Crippen molar-refractivity contribution in [2.75, 3.05) is 12.3 Å². The van der Waals surface area contributed by atoms with Crippen LogP contribution in [-0.2, 0) is 16.0 Å². The van der Waals surface area contributed by atoms with E-state index in [9.17, 15) is 4.79 Å². The van der Waals surface area contributed by atoms with Crippen LogP contribution in [0.4, 0.5) is 5.82 Å². The Morgan fingerprint density at radius 3 is 3.00 bits per heavy atom. The molecule has 0 spiro atoms. The fourth-order valence-electron chi connectivity index (χ4n) is 1.15. The van der Waals surface area contributed by atoms with Crippen molar-refractivity contribution in [1.29, 1.82) is 5.26 Å². The van der Waals surface area contributed by atoms with E-state index in [0.29, 0.717) is 12.2 Å². The summed E-state index contributed by atoms with van der Waals surface area (Å²) in [6.45, 7) is 2.07. The Morgan fingerprint density at radius 2 is 2.40 bits per heavy atom. The lowest BCUT2D eigenvalue weighted by molar-refractivity contribution is -0.142.